The summed E-state index contributed by atoms with van der Waals surface area (Å²) < 4.78 is 18.1. The Kier molecular flexibility index (Phi) is 4.27. The van der Waals surface area contributed by atoms with E-state index in [1.165, 1.54) is 0 Å². The lowest BCUT2D eigenvalue weighted by molar-refractivity contribution is 0.0330. The summed E-state index contributed by atoms with van der Waals surface area (Å²) in [5.41, 5.74) is 3.46. The van der Waals surface area contributed by atoms with Crippen LogP contribution in [0, 0.1) is 6.92 Å². The lowest BCUT2D eigenvalue weighted by atomic mass is 9.78. The van der Waals surface area contributed by atoms with E-state index in [1.54, 1.807) is 6.92 Å². The molecule has 8 nitrogen and oxygen atoms in total. The van der Waals surface area contributed by atoms with Crippen LogP contribution in [0.2, 0.25) is 0 Å². The van der Waals surface area contributed by atoms with Crippen molar-refractivity contribution in [2.24, 2.45) is 0 Å². The van der Waals surface area contributed by atoms with Crippen LogP contribution in [0.3, 0.4) is 0 Å². The minimum absolute atomic E-state index is 0.129. The second kappa shape index (κ2) is 6.96. The average Bonchev–Trinajstić information content (AvgIpc) is 3.27. The molecule has 0 radical (unpaired) electrons. The molecule has 2 fully saturated rings. The van der Waals surface area contributed by atoms with Crippen molar-refractivity contribution in [3.8, 4) is 11.1 Å². The molecule has 0 saturated heterocycles. The first-order valence-corrected chi connectivity index (χ1v) is 11.2. The number of nitrogens with zero attached hydrogens (tertiary/aromatic N) is 6. The number of halogens is 1. The summed E-state index contributed by atoms with van der Waals surface area (Å²) in [6.07, 6.45) is 8.82. The van der Waals surface area contributed by atoms with E-state index in [0.29, 0.717) is 36.5 Å². The van der Waals surface area contributed by atoms with Gasteiger partial charge < -0.3 is 15.2 Å². The molecule has 2 N–H and O–H groups in total. The van der Waals surface area contributed by atoms with Crippen LogP contribution in [0.4, 0.5) is 10.3 Å². The zero-order valence-corrected chi connectivity index (χ0v) is 18.5. The summed E-state index contributed by atoms with van der Waals surface area (Å²) in [7, 11) is 2.00. The summed E-state index contributed by atoms with van der Waals surface area (Å²) >= 11 is 0. The summed E-state index contributed by atoms with van der Waals surface area (Å²) in [6, 6.07) is 5.25. The molecule has 4 heterocycles. The van der Waals surface area contributed by atoms with Crippen molar-refractivity contribution >= 4 is 22.6 Å². The van der Waals surface area contributed by atoms with E-state index < -0.39 is 5.67 Å². The van der Waals surface area contributed by atoms with Crippen LogP contribution in [0.25, 0.3) is 27.8 Å². The Bertz CT molecular complexity index is 1310. The second-order valence-electron chi connectivity index (χ2n) is 9.51. The van der Waals surface area contributed by atoms with Crippen molar-refractivity contribution in [1.82, 2.24) is 34.4 Å². The van der Waals surface area contributed by atoms with Crippen molar-refractivity contribution < 1.29 is 4.39 Å². The Morgan fingerprint density at radius 2 is 1.94 bits per heavy atom. The number of fused-ring (bicyclic) bond motifs is 2. The number of rotatable bonds is 5. The fraction of sp³-hybridized carbons (Fsp3) is 0.478. The Labute approximate surface area is 185 Å². The van der Waals surface area contributed by atoms with Gasteiger partial charge in [-0.3, -0.25) is 0 Å². The second-order valence-corrected chi connectivity index (χ2v) is 9.51. The monoisotopic (exact) mass is 434 g/mol. The molecule has 2 saturated carbocycles. The molecule has 0 bridgehead atoms. The molecule has 166 valence electrons. The fourth-order valence-electron chi connectivity index (χ4n) is 5.17. The van der Waals surface area contributed by atoms with Gasteiger partial charge in [-0.25, -0.2) is 23.9 Å². The maximum absolute atomic E-state index is 14.2. The highest BCUT2D eigenvalue weighted by Crippen LogP contribution is 2.45. The summed E-state index contributed by atoms with van der Waals surface area (Å²) in [5, 5.41) is 11.3. The molecule has 4 aromatic rings. The van der Waals surface area contributed by atoms with E-state index in [4.69, 9.17) is 0 Å². The van der Waals surface area contributed by atoms with Gasteiger partial charge in [-0.15, -0.1) is 5.10 Å². The summed E-state index contributed by atoms with van der Waals surface area (Å²) in [6.45, 7) is 3.63. The Morgan fingerprint density at radius 3 is 2.69 bits per heavy atom. The number of hydrogen-bond donors (Lipinski definition) is 2. The van der Waals surface area contributed by atoms with Crippen molar-refractivity contribution in [3.05, 3.63) is 36.5 Å². The molecule has 2 aliphatic carbocycles. The van der Waals surface area contributed by atoms with Gasteiger partial charge in [-0.2, -0.15) is 0 Å². The van der Waals surface area contributed by atoms with Crippen LogP contribution < -0.4 is 10.6 Å². The van der Waals surface area contributed by atoms with Gasteiger partial charge in [0.15, 0.2) is 5.65 Å². The van der Waals surface area contributed by atoms with Crippen molar-refractivity contribution in [2.75, 3.05) is 12.4 Å². The first-order valence-electron chi connectivity index (χ1n) is 11.2. The third kappa shape index (κ3) is 3.14. The maximum Gasteiger partial charge on any atom is 0.241 e. The highest BCUT2D eigenvalue weighted by Gasteiger charge is 2.42. The molecular formula is C23H27FN8. The number of pyridine rings is 1. The number of aromatic nitrogens is 6. The van der Waals surface area contributed by atoms with Crippen molar-refractivity contribution in [1.29, 1.82) is 0 Å². The first kappa shape index (κ1) is 19.6. The van der Waals surface area contributed by atoms with Gasteiger partial charge in [0.05, 0.1) is 17.2 Å². The molecular weight excluding hydrogens is 407 g/mol. The van der Waals surface area contributed by atoms with Gasteiger partial charge >= 0.3 is 0 Å². The van der Waals surface area contributed by atoms with Gasteiger partial charge in [0.25, 0.3) is 0 Å². The standard InChI is InChI=1S/C23H27FN8/c1-13-28-21-19(32(13)17-9-23(2,24)10-17)6-14(11-26-21)18-4-5-31-20(18)12-27-22(30-31)29-16-7-15(8-16)25-3/h4-6,11-12,15-17,25H,7-10H2,1-3H3,(H,29,30). The minimum Gasteiger partial charge on any atom is -0.350 e. The number of aryl methyl sites for hydroxylation is 1. The van der Waals surface area contributed by atoms with Crippen molar-refractivity contribution in [2.45, 2.75) is 63.3 Å². The quantitative estimate of drug-likeness (QED) is 0.499. The zero-order chi connectivity index (χ0) is 22.0. The Hall–Kier alpha value is -3.07. The third-order valence-corrected chi connectivity index (χ3v) is 7.02. The van der Waals surface area contributed by atoms with E-state index in [-0.39, 0.29) is 6.04 Å². The highest BCUT2D eigenvalue weighted by molar-refractivity contribution is 5.85. The number of nitrogens with one attached hydrogen (secondary N) is 2. The predicted molar refractivity (Wildman–Crippen MR) is 122 cm³/mol. The van der Waals surface area contributed by atoms with Crippen LogP contribution in [0.1, 0.15) is 44.5 Å². The molecule has 0 unspecified atom stereocenters. The van der Waals surface area contributed by atoms with Gasteiger partial charge in [0.1, 0.15) is 11.5 Å². The number of alkyl halides is 1. The molecule has 9 heteroatoms. The van der Waals surface area contributed by atoms with Crippen LogP contribution in [-0.2, 0) is 0 Å². The predicted octanol–water partition coefficient (Wildman–Crippen LogP) is 3.67. The minimum atomic E-state index is -1.09. The Balaban J connectivity index is 1.32. The fourth-order valence-corrected chi connectivity index (χ4v) is 5.17. The lowest BCUT2D eigenvalue weighted by Gasteiger charge is -2.40. The third-order valence-electron chi connectivity index (χ3n) is 7.02. The average molecular weight is 435 g/mol. The van der Waals surface area contributed by atoms with E-state index in [0.717, 1.165) is 40.8 Å². The Morgan fingerprint density at radius 1 is 1.12 bits per heavy atom. The largest absolute Gasteiger partial charge is 0.350 e. The van der Waals surface area contributed by atoms with E-state index in [2.05, 4.69) is 41.3 Å². The van der Waals surface area contributed by atoms with Crippen LogP contribution in [-0.4, -0.2) is 53.9 Å². The topological polar surface area (TPSA) is 85.0 Å². The first-order chi connectivity index (χ1) is 15.4. The highest BCUT2D eigenvalue weighted by atomic mass is 19.1. The van der Waals surface area contributed by atoms with E-state index >= 15 is 0 Å². The molecule has 0 amide bonds. The smallest absolute Gasteiger partial charge is 0.241 e. The van der Waals surface area contributed by atoms with Crippen LogP contribution in [0.15, 0.2) is 30.7 Å². The van der Waals surface area contributed by atoms with Crippen LogP contribution in [0.5, 0.6) is 0 Å². The molecule has 6 rings (SSSR count). The molecule has 0 aliphatic heterocycles. The molecule has 32 heavy (non-hydrogen) atoms. The molecule has 0 aromatic carbocycles. The SMILES string of the molecule is CNC1CC(Nc2ncc3c(-c4cnc5nc(C)n(C6CC(C)(F)C6)c5c4)ccn3n2)C1. The van der Waals surface area contributed by atoms with Gasteiger partial charge in [0, 0.05) is 54.5 Å². The van der Waals surface area contributed by atoms with E-state index in [9.17, 15) is 4.39 Å². The zero-order valence-electron chi connectivity index (χ0n) is 18.5. The number of imidazole rings is 1. The van der Waals surface area contributed by atoms with E-state index in [1.807, 2.05) is 43.1 Å². The molecule has 0 spiro atoms. The van der Waals surface area contributed by atoms with Crippen LogP contribution >= 0.6 is 0 Å². The maximum atomic E-state index is 14.2. The van der Waals surface area contributed by atoms with Gasteiger partial charge in [0.2, 0.25) is 5.95 Å². The molecule has 4 aromatic heterocycles. The summed E-state index contributed by atoms with van der Waals surface area (Å²) in [4.78, 5) is 13.7. The lowest BCUT2D eigenvalue weighted by Crippen LogP contribution is -2.46. The number of hydrogen-bond acceptors (Lipinski definition) is 6. The molecule has 0 atom stereocenters. The van der Waals surface area contributed by atoms with Crippen molar-refractivity contribution in [3.63, 3.8) is 0 Å². The van der Waals surface area contributed by atoms with Gasteiger partial charge in [-0.05, 0) is 45.9 Å². The normalized spacial score (nSPS) is 27.4. The summed E-state index contributed by atoms with van der Waals surface area (Å²) in [5.74, 6) is 1.52. The van der Waals surface area contributed by atoms with Gasteiger partial charge in [-0.1, -0.05) is 0 Å². The number of anilines is 1. The molecule has 2 aliphatic rings.